The number of carbonyl (C=O) groups is 1. The molecule has 5 nitrogen and oxygen atoms in total. The average Bonchev–Trinajstić information content (AvgIpc) is 2.79. The summed E-state index contributed by atoms with van der Waals surface area (Å²) in [5.74, 6) is 0.0396. The number of nitrogens with one attached hydrogen (secondary N) is 1. The van der Waals surface area contributed by atoms with Crippen LogP contribution in [0.2, 0.25) is 20.1 Å². The first-order valence-corrected chi connectivity index (χ1v) is 11.4. The van der Waals surface area contributed by atoms with Crippen molar-refractivity contribution in [2.45, 2.75) is 13.5 Å². The molecular weight excluding hydrogens is 518 g/mol. The molecule has 0 saturated heterocycles. The molecule has 0 aliphatic carbocycles. The zero-order chi connectivity index (χ0) is 24.8. The van der Waals surface area contributed by atoms with Gasteiger partial charge in [-0.2, -0.15) is 5.26 Å². The van der Waals surface area contributed by atoms with Crippen molar-refractivity contribution in [2.75, 3.05) is 12.4 Å². The van der Waals surface area contributed by atoms with Crippen molar-refractivity contribution in [1.82, 2.24) is 0 Å². The molecule has 34 heavy (non-hydrogen) atoms. The molecule has 3 rings (SSSR count). The van der Waals surface area contributed by atoms with Gasteiger partial charge in [0, 0.05) is 26.3 Å². The molecule has 0 atom stereocenters. The van der Waals surface area contributed by atoms with Gasteiger partial charge in [-0.15, -0.1) is 0 Å². The molecule has 3 aromatic carbocycles. The van der Waals surface area contributed by atoms with Crippen molar-refractivity contribution >= 4 is 64.1 Å². The number of carbonyl (C=O) groups excluding carboxylic acids is 1. The molecule has 1 N–H and O–H groups in total. The second kappa shape index (κ2) is 11.5. The lowest BCUT2D eigenvalue weighted by atomic mass is 10.1. The van der Waals surface area contributed by atoms with E-state index in [-0.39, 0.29) is 17.2 Å². The van der Waals surface area contributed by atoms with Crippen LogP contribution in [-0.4, -0.2) is 13.0 Å². The van der Waals surface area contributed by atoms with Gasteiger partial charge in [0.15, 0.2) is 11.5 Å². The van der Waals surface area contributed by atoms with E-state index >= 15 is 0 Å². The minimum absolute atomic E-state index is 0.126. The summed E-state index contributed by atoms with van der Waals surface area (Å²) in [6.07, 6.45) is 1.41. The lowest BCUT2D eigenvalue weighted by Crippen LogP contribution is -2.14. The minimum Gasteiger partial charge on any atom is -0.493 e. The summed E-state index contributed by atoms with van der Waals surface area (Å²) >= 11 is 24.6. The number of ether oxygens (including phenoxy) is 2. The monoisotopic (exact) mass is 534 g/mol. The third-order valence-electron chi connectivity index (χ3n) is 4.76. The van der Waals surface area contributed by atoms with Gasteiger partial charge in [0.1, 0.15) is 18.2 Å². The Kier molecular flexibility index (Phi) is 8.71. The fraction of sp³-hybridized carbons (Fsp3) is 0.120. The van der Waals surface area contributed by atoms with Crippen LogP contribution in [0.1, 0.15) is 16.7 Å². The molecular formula is C25H18Cl4N2O3. The van der Waals surface area contributed by atoms with E-state index in [1.54, 1.807) is 48.5 Å². The van der Waals surface area contributed by atoms with Crippen LogP contribution in [0.4, 0.5) is 5.69 Å². The molecule has 1 amide bonds. The first-order chi connectivity index (χ1) is 16.2. The third-order valence-corrected chi connectivity index (χ3v) is 5.87. The molecule has 0 unspecified atom stereocenters. The summed E-state index contributed by atoms with van der Waals surface area (Å²) in [7, 11) is 1.46. The molecule has 0 radical (unpaired) electrons. The Morgan fingerprint density at radius 1 is 1.03 bits per heavy atom. The van der Waals surface area contributed by atoms with Gasteiger partial charge in [-0.25, -0.2) is 0 Å². The molecule has 0 aromatic heterocycles. The quantitative estimate of drug-likeness (QED) is 0.248. The summed E-state index contributed by atoms with van der Waals surface area (Å²) in [5, 5.41) is 13.9. The molecule has 0 saturated carbocycles. The normalized spacial score (nSPS) is 11.0. The fourth-order valence-electron chi connectivity index (χ4n) is 2.99. The van der Waals surface area contributed by atoms with E-state index in [0.717, 1.165) is 5.56 Å². The highest BCUT2D eigenvalue weighted by Crippen LogP contribution is 2.38. The lowest BCUT2D eigenvalue weighted by Gasteiger charge is -2.14. The number of anilines is 1. The van der Waals surface area contributed by atoms with Gasteiger partial charge < -0.3 is 14.8 Å². The number of halogens is 4. The van der Waals surface area contributed by atoms with Gasteiger partial charge in [0.2, 0.25) is 0 Å². The molecule has 0 spiro atoms. The Bertz CT molecular complexity index is 1320. The molecule has 0 aliphatic rings. The van der Waals surface area contributed by atoms with Crippen molar-refractivity contribution in [1.29, 1.82) is 5.26 Å². The first kappa shape index (κ1) is 25.7. The summed E-state index contributed by atoms with van der Waals surface area (Å²) < 4.78 is 11.3. The van der Waals surface area contributed by atoms with E-state index in [9.17, 15) is 10.1 Å². The van der Waals surface area contributed by atoms with Crippen LogP contribution in [0.3, 0.4) is 0 Å². The Morgan fingerprint density at radius 2 is 1.74 bits per heavy atom. The van der Waals surface area contributed by atoms with E-state index in [0.29, 0.717) is 43.4 Å². The first-order valence-electron chi connectivity index (χ1n) is 9.85. The van der Waals surface area contributed by atoms with Crippen LogP contribution in [0, 0.1) is 18.3 Å². The van der Waals surface area contributed by atoms with Crippen LogP contribution in [0.5, 0.6) is 11.5 Å². The standard InChI is InChI=1S/C25H18Cl4N2O3/c1-14-3-5-19(27)11-22(14)31-25(32)17(12-30)7-15-8-21(29)24(23(9-15)33-2)34-13-16-4-6-18(26)10-20(16)28/h3-11H,13H2,1-2H3,(H,31,32)/b17-7+. The van der Waals surface area contributed by atoms with E-state index in [2.05, 4.69) is 5.32 Å². The third kappa shape index (κ3) is 6.37. The van der Waals surface area contributed by atoms with Crippen LogP contribution < -0.4 is 14.8 Å². The van der Waals surface area contributed by atoms with Gasteiger partial charge in [0.05, 0.1) is 12.1 Å². The topological polar surface area (TPSA) is 71.3 Å². The summed E-state index contributed by atoms with van der Waals surface area (Å²) in [6.45, 7) is 1.95. The van der Waals surface area contributed by atoms with Crippen molar-refractivity contribution in [2.24, 2.45) is 0 Å². The predicted octanol–water partition coefficient (Wildman–Crippen LogP) is 7.74. The lowest BCUT2D eigenvalue weighted by molar-refractivity contribution is -0.112. The molecule has 0 heterocycles. The number of methoxy groups -OCH3 is 1. The Balaban J connectivity index is 1.84. The van der Waals surface area contributed by atoms with Gasteiger partial charge >= 0.3 is 0 Å². The fourth-order valence-corrected chi connectivity index (χ4v) is 3.89. The number of nitrogens with zero attached hydrogens (tertiary/aromatic N) is 1. The van der Waals surface area contributed by atoms with E-state index in [4.69, 9.17) is 55.9 Å². The van der Waals surface area contributed by atoms with E-state index in [1.807, 2.05) is 13.0 Å². The zero-order valence-electron chi connectivity index (χ0n) is 18.1. The maximum absolute atomic E-state index is 12.7. The van der Waals surface area contributed by atoms with Gasteiger partial charge in [-0.1, -0.05) is 58.5 Å². The van der Waals surface area contributed by atoms with Crippen molar-refractivity contribution < 1.29 is 14.3 Å². The summed E-state index contributed by atoms with van der Waals surface area (Å²) in [6, 6.07) is 15.3. The van der Waals surface area contributed by atoms with Crippen LogP contribution >= 0.6 is 46.4 Å². The molecule has 0 aliphatic heterocycles. The number of benzene rings is 3. The number of hydrogen-bond donors (Lipinski definition) is 1. The molecule has 174 valence electrons. The highest BCUT2D eigenvalue weighted by molar-refractivity contribution is 6.35. The van der Waals surface area contributed by atoms with Crippen molar-refractivity contribution in [3.8, 4) is 17.6 Å². The van der Waals surface area contributed by atoms with E-state index < -0.39 is 5.91 Å². The van der Waals surface area contributed by atoms with Crippen LogP contribution in [0.25, 0.3) is 6.08 Å². The zero-order valence-corrected chi connectivity index (χ0v) is 21.1. The Morgan fingerprint density at radius 3 is 2.41 bits per heavy atom. The van der Waals surface area contributed by atoms with Gasteiger partial charge in [-0.05, 0) is 60.5 Å². The van der Waals surface area contributed by atoms with Crippen molar-refractivity contribution in [3.05, 3.63) is 90.9 Å². The van der Waals surface area contributed by atoms with Gasteiger partial charge in [0.25, 0.3) is 5.91 Å². The molecule has 0 bridgehead atoms. The Labute approximate surface area is 217 Å². The minimum atomic E-state index is -0.583. The van der Waals surface area contributed by atoms with Crippen LogP contribution in [-0.2, 0) is 11.4 Å². The second-order valence-corrected chi connectivity index (χ2v) is 8.83. The Hall–Kier alpha value is -2.88. The summed E-state index contributed by atoms with van der Waals surface area (Å²) in [4.78, 5) is 12.7. The van der Waals surface area contributed by atoms with Crippen molar-refractivity contribution in [3.63, 3.8) is 0 Å². The summed E-state index contributed by atoms with van der Waals surface area (Å²) in [5.41, 5.74) is 2.39. The second-order valence-electron chi connectivity index (χ2n) is 7.14. The molecule has 9 heteroatoms. The molecule has 3 aromatic rings. The van der Waals surface area contributed by atoms with E-state index in [1.165, 1.54) is 13.2 Å². The number of aryl methyl sites for hydroxylation is 1. The molecule has 0 fully saturated rings. The highest BCUT2D eigenvalue weighted by atomic mass is 35.5. The average molecular weight is 536 g/mol. The van der Waals surface area contributed by atoms with Gasteiger partial charge in [-0.3, -0.25) is 4.79 Å². The smallest absolute Gasteiger partial charge is 0.266 e. The largest absolute Gasteiger partial charge is 0.493 e. The number of rotatable bonds is 7. The number of nitriles is 1. The predicted molar refractivity (Wildman–Crippen MR) is 137 cm³/mol. The number of hydrogen-bond acceptors (Lipinski definition) is 4. The van der Waals surface area contributed by atoms with Crippen LogP contribution in [0.15, 0.2) is 54.1 Å². The maximum Gasteiger partial charge on any atom is 0.266 e. The SMILES string of the molecule is COc1cc(/C=C(\C#N)C(=O)Nc2cc(Cl)ccc2C)cc(Cl)c1OCc1ccc(Cl)cc1Cl. The highest BCUT2D eigenvalue weighted by Gasteiger charge is 2.16. The number of amides is 1. The maximum atomic E-state index is 12.7.